The summed E-state index contributed by atoms with van der Waals surface area (Å²) < 4.78 is 0.928. The number of halogens is 3. The molecule has 2 amide bonds. The van der Waals surface area contributed by atoms with Crippen molar-refractivity contribution in [2.24, 2.45) is 0 Å². The fourth-order valence-electron chi connectivity index (χ4n) is 1.89. The quantitative estimate of drug-likeness (QED) is 0.775. The number of anilines is 1. The molecule has 0 aliphatic heterocycles. The molecule has 0 fully saturated rings. The van der Waals surface area contributed by atoms with E-state index >= 15 is 0 Å². The molecule has 120 valence electrons. The first-order valence-electron chi connectivity index (χ1n) is 6.66. The highest BCUT2D eigenvalue weighted by atomic mass is 79.9. The van der Waals surface area contributed by atoms with Gasteiger partial charge in [0, 0.05) is 15.2 Å². The Morgan fingerprint density at radius 2 is 1.87 bits per heavy atom. The average molecular weight is 416 g/mol. The lowest BCUT2D eigenvalue weighted by Crippen LogP contribution is -2.33. The van der Waals surface area contributed by atoms with E-state index in [2.05, 4.69) is 26.6 Å². The predicted molar refractivity (Wildman–Crippen MR) is 96.3 cm³/mol. The highest BCUT2D eigenvalue weighted by Crippen LogP contribution is 2.21. The van der Waals surface area contributed by atoms with Crippen LogP contribution in [0.5, 0.6) is 0 Å². The normalized spacial score (nSPS) is 10.3. The van der Waals surface area contributed by atoms with Crippen LogP contribution in [-0.4, -0.2) is 18.4 Å². The fraction of sp³-hybridized carbons (Fsp3) is 0.125. The molecule has 0 unspecified atom stereocenters. The number of amides is 2. The Morgan fingerprint density at radius 3 is 2.57 bits per heavy atom. The van der Waals surface area contributed by atoms with Crippen LogP contribution >= 0.6 is 39.1 Å². The van der Waals surface area contributed by atoms with Gasteiger partial charge in [0.05, 0.1) is 17.1 Å². The lowest BCUT2D eigenvalue weighted by Gasteiger charge is -2.10. The molecular formula is C16H13BrCl2N2O2. The zero-order valence-corrected chi connectivity index (χ0v) is 15.2. The van der Waals surface area contributed by atoms with Gasteiger partial charge in [-0.2, -0.15) is 0 Å². The SMILES string of the molecule is Cc1cc(Br)ccc1NC(=O)CNC(=O)c1cc(Cl)ccc1Cl. The molecule has 0 saturated carbocycles. The monoisotopic (exact) mass is 414 g/mol. The van der Waals surface area contributed by atoms with Crippen molar-refractivity contribution in [1.29, 1.82) is 0 Å². The molecule has 23 heavy (non-hydrogen) atoms. The number of aryl methyl sites for hydroxylation is 1. The molecule has 2 aromatic rings. The molecule has 0 bridgehead atoms. The van der Waals surface area contributed by atoms with Crippen molar-refractivity contribution in [3.05, 3.63) is 62.0 Å². The molecule has 0 atom stereocenters. The van der Waals surface area contributed by atoms with Gasteiger partial charge in [-0.05, 0) is 48.9 Å². The van der Waals surface area contributed by atoms with Crippen LogP contribution < -0.4 is 10.6 Å². The van der Waals surface area contributed by atoms with Crippen LogP contribution in [0.2, 0.25) is 10.0 Å². The summed E-state index contributed by atoms with van der Waals surface area (Å²) in [5.41, 5.74) is 1.83. The van der Waals surface area contributed by atoms with Crippen LogP contribution in [0, 0.1) is 6.92 Å². The van der Waals surface area contributed by atoms with Crippen LogP contribution in [0.15, 0.2) is 40.9 Å². The Balaban J connectivity index is 1.96. The lowest BCUT2D eigenvalue weighted by atomic mass is 10.2. The summed E-state index contributed by atoms with van der Waals surface area (Å²) in [5.74, 6) is -0.790. The molecule has 0 heterocycles. The van der Waals surface area contributed by atoms with Gasteiger partial charge in [0.1, 0.15) is 0 Å². The Kier molecular flexibility index (Phi) is 6.04. The number of carbonyl (C=O) groups is 2. The summed E-state index contributed by atoms with van der Waals surface area (Å²) in [6, 6.07) is 10.1. The van der Waals surface area contributed by atoms with Gasteiger partial charge < -0.3 is 10.6 Å². The van der Waals surface area contributed by atoms with Crippen molar-refractivity contribution in [3.8, 4) is 0 Å². The van der Waals surface area contributed by atoms with E-state index in [9.17, 15) is 9.59 Å². The summed E-state index contributed by atoms with van der Waals surface area (Å²) in [7, 11) is 0. The Bertz CT molecular complexity index is 766. The molecule has 2 N–H and O–H groups in total. The lowest BCUT2D eigenvalue weighted by molar-refractivity contribution is -0.115. The van der Waals surface area contributed by atoms with Crippen molar-refractivity contribution < 1.29 is 9.59 Å². The molecule has 0 aliphatic carbocycles. The first kappa shape index (κ1) is 17.8. The van der Waals surface area contributed by atoms with Gasteiger partial charge in [-0.3, -0.25) is 9.59 Å². The highest BCUT2D eigenvalue weighted by Gasteiger charge is 2.13. The second-order valence-corrected chi connectivity index (χ2v) is 6.57. The van der Waals surface area contributed by atoms with E-state index in [4.69, 9.17) is 23.2 Å². The predicted octanol–water partition coefficient (Wildman–Crippen LogP) is 4.43. The van der Waals surface area contributed by atoms with Crippen LogP contribution in [0.4, 0.5) is 5.69 Å². The number of nitrogens with one attached hydrogen (secondary N) is 2. The van der Waals surface area contributed by atoms with Gasteiger partial charge in [-0.1, -0.05) is 39.1 Å². The second kappa shape index (κ2) is 7.81. The molecule has 7 heteroatoms. The van der Waals surface area contributed by atoms with E-state index < -0.39 is 5.91 Å². The van der Waals surface area contributed by atoms with Gasteiger partial charge in [0.25, 0.3) is 5.91 Å². The van der Waals surface area contributed by atoms with Gasteiger partial charge >= 0.3 is 0 Å². The molecule has 0 aliphatic rings. The summed E-state index contributed by atoms with van der Waals surface area (Å²) in [6.45, 7) is 1.71. The molecule has 0 saturated heterocycles. The van der Waals surface area contributed by atoms with Gasteiger partial charge in [-0.15, -0.1) is 0 Å². The molecular weight excluding hydrogens is 403 g/mol. The van der Waals surface area contributed by atoms with Gasteiger partial charge in [0.2, 0.25) is 5.91 Å². The number of hydrogen-bond donors (Lipinski definition) is 2. The molecule has 0 radical (unpaired) electrons. The van der Waals surface area contributed by atoms with Crippen LogP contribution in [0.25, 0.3) is 0 Å². The topological polar surface area (TPSA) is 58.2 Å². The van der Waals surface area contributed by atoms with Crippen molar-refractivity contribution in [2.45, 2.75) is 6.92 Å². The summed E-state index contributed by atoms with van der Waals surface area (Å²) in [4.78, 5) is 24.0. The highest BCUT2D eigenvalue weighted by molar-refractivity contribution is 9.10. The minimum Gasteiger partial charge on any atom is -0.343 e. The Morgan fingerprint density at radius 1 is 1.13 bits per heavy atom. The summed E-state index contributed by atoms with van der Waals surface area (Å²) >= 11 is 15.1. The van der Waals surface area contributed by atoms with Crippen molar-refractivity contribution >= 4 is 56.6 Å². The van der Waals surface area contributed by atoms with E-state index in [1.807, 2.05) is 19.1 Å². The summed E-state index contributed by atoms with van der Waals surface area (Å²) in [5, 5.41) is 5.92. The minimum absolute atomic E-state index is 0.169. The third-order valence-corrected chi connectivity index (χ3v) is 4.10. The maximum atomic E-state index is 12.0. The number of carbonyl (C=O) groups excluding carboxylic acids is 2. The Labute approximate surface area is 152 Å². The van der Waals surface area contributed by atoms with E-state index in [1.54, 1.807) is 12.1 Å². The molecule has 2 aromatic carbocycles. The van der Waals surface area contributed by atoms with E-state index in [-0.39, 0.29) is 23.0 Å². The molecule has 2 rings (SSSR count). The molecule has 4 nitrogen and oxygen atoms in total. The third-order valence-electron chi connectivity index (χ3n) is 3.05. The largest absolute Gasteiger partial charge is 0.343 e. The maximum Gasteiger partial charge on any atom is 0.253 e. The van der Waals surface area contributed by atoms with Crippen LogP contribution in [0.3, 0.4) is 0 Å². The minimum atomic E-state index is -0.458. The fourth-order valence-corrected chi connectivity index (χ4v) is 2.74. The molecule has 0 aromatic heterocycles. The second-order valence-electron chi connectivity index (χ2n) is 4.81. The standard InChI is InChI=1S/C16H13BrCl2N2O2/c1-9-6-10(17)2-5-14(9)21-15(22)8-20-16(23)12-7-11(18)3-4-13(12)19/h2-7H,8H2,1H3,(H,20,23)(H,21,22). The average Bonchev–Trinajstić information content (AvgIpc) is 2.50. The smallest absolute Gasteiger partial charge is 0.253 e. The zero-order chi connectivity index (χ0) is 17.0. The van der Waals surface area contributed by atoms with Crippen molar-refractivity contribution in [2.75, 3.05) is 11.9 Å². The van der Waals surface area contributed by atoms with Gasteiger partial charge in [-0.25, -0.2) is 0 Å². The van der Waals surface area contributed by atoms with Crippen LogP contribution in [0.1, 0.15) is 15.9 Å². The van der Waals surface area contributed by atoms with Crippen molar-refractivity contribution in [1.82, 2.24) is 5.32 Å². The first-order chi connectivity index (χ1) is 10.9. The number of rotatable bonds is 4. The van der Waals surface area contributed by atoms with E-state index in [0.717, 1.165) is 10.0 Å². The van der Waals surface area contributed by atoms with Gasteiger partial charge in [0.15, 0.2) is 0 Å². The van der Waals surface area contributed by atoms with E-state index in [1.165, 1.54) is 12.1 Å². The number of benzene rings is 2. The first-order valence-corrected chi connectivity index (χ1v) is 8.21. The summed E-state index contributed by atoms with van der Waals surface area (Å²) in [6.07, 6.45) is 0. The zero-order valence-electron chi connectivity index (χ0n) is 12.1. The van der Waals surface area contributed by atoms with Crippen molar-refractivity contribution in [3.63, 3.8) is 0 Å². The maximum absolute atomic E-state index is 12.0. The van der Waals surface area contributed by atoms with E-state index in [0.29, 0.717) is 10.7 Å². The Hall–Kier alpha value is -1.56. The third kappa shape index (κ3) is 4.96. The van der Waals surface area contributed by atoms with Crippen LogP contribution in [-0.2, 0) is 4.79 Å². The number of hydrogen-bond acceptors (Lipinski definition) is 2. The molecule has 0 spiro atoms.